The van der Waals surface area contributed by atoms with Crippen molar-refractivity contribution in [2.75, 3.05) is 13.7 Å². The summed E-state index contributed by atoms with van der Waals surface area (Å²) >= 11 is 0. The fourth-order valence-corrected chi connectivity index (χ4v) is 4.00. The van der Waals surface area contributed by atoms with Crippen LogP contribution >= 0.6 is 0 Å². The monoisotopic (exact) mass is 438 g/mol. The van der Waals surface area contributed by atoms with Gasteiger partial charge in [0, 0.05) is 12.6 Å². The SMILES string of the molecule is COc1ccccc1OCC(=O)N(Cc1ccc(C)cc1)[C@H](C)C(=O)NC1CCCCC1. The molecule has 1 aliphatic rings. The highest BCUT2D eigenvalue weighted by Crippen LogP contribution is 2.26. The lowest BCUT2D eigenvalue weighted by atomic mass is 9.95. The molecule has 1 fully saturated rings. The maximum absolute atomic E-state index is 13.2. The topological polar surface area (TPSA) is 67.9 Å². The van der Waals surface area contributed by atoms with E-state index in [4.69, 9.17) is 9.47 Å². The molecule has 0 unspecified atom stereocenters. The van der Waals surface area contributed by atoms with Gasteiger partial charge in [-0.25, -0.2) is 0 Å². The molecular weight excluding hydrogens is 404 g/mol. The number of carbonyl (C=O) groups excluding carboxylic acids is 2. The van der Waals surface area contributed by atoms with Gasteiger partial charge in [0.1, 0.15) is 6.04 Å². The average molecular weight is 439 g/mol. The summed E-state index contributed by atoms with van der Waals surface area (Å²) in [6.45, 7) is 3.97. The van der Waals surface area contributed by atoms with Gasteiger partial charge in [-0.3, -0.25) is 9.59 Å². The minimum absolute atomic E-state index is 0.116. The Balaban J connectivity index is 1.71. The second-order valence-electron chi connectivity index (χ2n) is 8.47. The van der Waals surface area contributed by atoms with Gasteiger partial charge in [-0.05, 0) is 44.4 Å². The second-order valence-corrected chi connectivity index (χ2v) is 8.47. The number of ether oxygens (including phenoxy) is 2. The summed E-state index contributed by atoms with van der Waals surface area (Å²) in [5, 5.41) is 3.15. The van der Waals surface area contributed by atoms with Crippen molar-refractivity contribution >= 4 is 11.8 Å². The average Bonchev–Trinajstić information content (AvgIpc) is 2.82. The van der Waals surface area contributed by atoms with Crippen LogP contribution in [0.15, 0.2) is 48.5 Å². The Morgan fingerprint density at radius 2 is 1.69 bits per heavy atom. The fourth-order valence-electron chi connectivity index (χ4n) is 4.00. The predicted molar refractivity (Wildman–Crippen MR) is 125 cm³/mol. The van der Waals surface area contributed by atoms with E-state index in [1.54, 1.807) is 31.1 Å². The lowest BCUT2D eigenvalue weighted by Gasteiger charge is -2.31. The maximum atomic E-state index is 13.2. The summed E-state index contributed by atoms with van der Waals surface area (Å²) in [6.07, 6.45) is 5.50. The molecule has 172 valence electrons. The summed E-state index contributed by atoms with van der Waals surface area (Å²) in [5.41, 5.74) is 2.12. The van der Waals surface area contributed by atoms with Crippen LogP contribution < -0.4 is 14.8 Å². The van der Waals surface area contributed by atoms with Gasteiger partial charge in [0.05, 0.1) is 7.11 Å². The lowest BCUT2D eigenvalue weighted by molar-refractivity contribution is -0.142. The van der Waals surface area contributed by atoms with Gasteiger partial charge in [0.15, 0.2) is 18.1 Å². The van der Waals surface area contributed by atoms with Crippen LogP contribution in [-0.4, -0.2) is 42.5 Å². The molecule has 32 heavy (non-hydrogen) atoms. The smallest absolute Gasteiger partial charge is 0.261 e. The van der Waals surface area contributed by atoms with Crippen LogP contribution in [0.3, 0.4) is 0 Å². The molecule has 0 aliphatic heterocycles. The molecule has 2 amide bonds. The number of aryl methyl sites for hydroxylation is 1. The zero-order chi connectivity index (χ0) is 22.9. The van der Waals surface area contributed by atoms with Crippen molar-refractivity contribution in [3.05, 3.63) is 59.7 Å². The molecule has 6 nitrogen and oxygen atoms in total. The summed E-state index contributed by atoms with van der Waals surface area (Å²) in [6, 6.07) is 14.8. The van der Waals surface area contributed by atoms with Gasteiger partial charge >= 0.3 is 0 Å². The third-order valence-corrected chi connectivity index (χ3v) is 6.01. The maximum Gasteiger partial charge on any atom is 0.261 e. The first-order chi connectivity index (χ1) is 15.5. The van der Waals surface area contributed by atoms with Gasteiger partial charge in [-0.1, -0.05) is 61.2 Å². The summed E-state index contributed by atoms with van der Waals surface area (Å²) in [4.78, 5) is 27.8. The Kier molecular flexibility index (Phi) is 8.54. The predicted octanol–water partition coefficient (Wildman–Crippen LogP) is 4.25. The van der Waals surface area contributed by atoms with Crippen LogP contribution in [0.25, 0.3) is 0 Å². The number of methoxy groups -OCH3 is 1. The highest BCUT2D eigenvalue weighted by atomic mass is 16.5. The number of amides is 2. The number of rotatable bonds is 9. The molecular formula is C26H34N2O4. The van der Waals surface area contributed by atoms with E-state index in [9.17, 15) is 9.59 Å². The summed E-state index contributed by atoms with van der Waals surface area (Å²) in [5.74, 6) is 0.698. The largest absolute Gasteiger partial charge is 0.493 e. The number of para-hydroxylation sites is 2. The molecule has 0 spiro atoms. The van der Waals surface area contributed by atoms with Crippen LogP contribution in [0.2, 0.25) is 0 Å². The third kappa shape index (κ3) is 6.49. The number of hydrogen-bond acceptors (Lipinski definition) is 4. The molecule has 0 heterocycles. The number of nitrogens with one attached hydrogen (secondary N) is 1. The Bertz CT molecular complexity index is 891. The molecule has 2 aromatic rings. The molecule has 1 aliphatic carbocycles. The van der Waals surface area contributed by atoms with Crippen LogP contribution in [0.4, 0.5) is 0 Å². The number of carbonyl (C=O) groups is 2. The van der Waals surface area contributed by atoms with Crippen molar-refractivity contribution in [1.82, 2.24) is 10.2 Å². The Morgan fingerprint density at radius 1 is 1.03 bits per heavy atom. The molecule has 1 N–H and O–H groups in total. The van der Waals surface area contributed by atoms with Crippen LogP contribution in [0.1, 0.15) is 50.2 Å². The molecule has 0 radical (unpaired) electrons. The van der Waals surface area contributed by atoms with Crippen molar-refractivity contribution in [3.8, 4) is 11.5 Å². The quantitative estimate of drug-likeness (QED) is 0.636. The van der Waals surface area contributed by atoms with E-state index in [1.807, 2.05) is 43.3 Å². The molecule has 3 rings (SSSR count). The lowest BCUT2D eigenvalue weighted by Crippen LogP contribution is -2.51. The van der Waals surface area contributed by atoms with Crippen LogP contribution in [0.5, 0.6) is 11.5 Å². The van der Waals surface area contributed by atoms with E-state index in [0.717, 1.165) is 36.8 Å². The molecule has 2 aromatic carbocycles. The highest BCUT2D eigenvalue weighted by molar-refractivity contribution is 5.88. The first-order valence-corrected chi connectivity index (χ1v) is 11.4. The minimum Gasteiger partial charge on any atom is -0.493 e. The first kappa shape index (κ1) is 23.6. The summed E-state index contributed by atoms with van der Waals surface area (Å²) in [7, 11) is 1.56. The van der Waals surface area contributed by atoms with Crippen molar-refractivity contribution in [2.45, 2.75) is 64.6 Å². The third-order valence-electron chi connectivity index (χ3n) is 6.01. The van der Waals surface area contributed by atoms with Crippen molar-refractivity contribution in [1.29, 1.82) is 0 Å². The van der Waals surface area contributed by atoms with E-state index >= 15 is 0 Å². The van der Waals surface area contributed by atoms with Gasteiger partial charge < -0.3 is 19.7 Å². The van der Waals surface area contributed by atoms with Gasteiger partial charge in [0.25, 0.3) is 5.91 Å². The van der Waals surface area contributed by atoms with Gasteiger partial charge in [-0.15, -0.1) is 0 Å². The van der Waals surface area contributed by atoms with Gasteiger partial charge in [0.2, 0.25) is 5.91 Å². The standard InChI is InChI=1S/C26H34N2O4/c1-19-13-15-21(16-14-19)17-28(20(2)26(30)27-22-9-5-4-6-10-22)25(29)18-32-24-12-8-7-11-23(24)31-3/h7-8,11-16,20,22H,4-6,9-10,17-18H2,1-3H3,(H,27,30)/t20-/m1/s1. The Labute approximate surface area is 190 Å². The number of benzene rings is 2. The number of hydrogen-bond donors (Lipinski definition) is 1. The van der Waals surface area contributed by atoms with Gasteiger partial charge in [-0.2, -0.15) is 0 Å². The summed E-state index contributed by atoms with van der Waals surface area (Å²) < 4.78 is 11.1. The normalized spacial score (nSPS) is 15.0. The molecule has 6 heteroatoms. The van der Waals surface area contributed by atoms with Crippen molar-refractivity contribution < 1.29 is 19.1 Å². The second kappa shape index (κ2) is 11.6. The molecule has 1 saturated carbocycles. The van der Waals surface area contributed by atoms with Crippen molar-refractivity contribution in [2.24, 2.45) is 0 Å². The van der Waals surface area contributed by atoms with E-state index in [-0.39, 0.29) is 24.5 Å². The number of nitrogens with zero attached hydrogens (tertiary/aromatic N) is 1. The zero-order valence-corrected chi connectivity index (χ0v) is 19.3. The Morgan fingerprint density at radius 3 is 2.34 bits per heavy atom. The van der Waals surface area contributed by atoms with E-state index < -0.39 is 6.04 Å². The zero-order valence-electron chi connectivity index (χ0n) is 19.3. The molecule has 0 saturated heterocycles. The molecule has 1 atom stereocenters. The minimum atomic E-state index is -0.605. The highest BCUT2D eigenvalue weighted by Gasteiger charge is 2.28. The first-order valence-electron chi connectivity index (χ1n) is 11.4. The van der Waals surface area contributed by atoms with Crippen LogP contribution in [0, 0.1) is 6.92 Å². The van der Waals surface area contributed by atoms with E-state index in [1.165, 1.54) is 6.42 Å². The van der Waals surface area contributed by atoms with E-state index in [0.29, 0.717) is 18.0 Å². The Hall–Kier alpha value is -3.02. The van der Waals surface area contributed by atoms with Crippen molar-refractivity contribution in [3.63, 3.8) is 0 Å². The molecule has 0 aromatic heterocycles. The van der Waals surface area contributed by atoms with Crippen LogP contribution in [-0.2, 0) is 16.1 Å². The molecule has 0 bridgehead atoms. The van der Waals surface area contributed by atoms with E-state index in [2.05, 4.69) is 5.32 Å². The fraction of sp³-hybridized carbons (Fsp3) is 0.462.